The molecule has 218 valence electrons. The number of hydrogen-bond donors (Lipinski definition) is 0. The highest BCUT2D eigenvalue weighted by Gasteiger charge is 2.46. The van der Waals surface area contributed by atoms with E-state index in [0.717, 1.165) is 28.7 Å². The maximum Gasteiger partial charge on any atom is 0.235 e. The molecule has 0 fully saturated rings. The number of benzene rings is 5. The minimum Gasteiger partial charge on any atom is -0.211 e. The predicted octanol–water partition coefficient (Wildman–Crippen LogP) is 9.43. The minimum atomic E-state index is -0.782. The SMILES string of the molecule is O=C=NC(c1ccccc1)C1(C(N=C=O)c2ccccc2)C=CC(c2ccccc2)=CC1.c1ccc2c(c1)Cc1ccccc1-2. The Morgan fingerprint density at radius 2 is 1.00 bits per heavy atom. The minimum absolute atomic E-state index is 0.531. The van der Waals surface area contributed by atoms with Crippen LogP contribution in [0, 0.1) is 5.41 Å². The molecule has 0 bridgehead atoms. The van der Waals surface area contributed by atoms with Gasteiger partial charge in [0.05, 0.1) is 12.1 Å². The summed E-state index contributed by atoms with van der Waals surface area (Å²) in [6.07, 6.45) is 11.4. The van der Waals surface area contributed by atoms with Crippen molar-refractivity contribution >= 4 is 17.7 Å². The van der Waals surface area contributed by atoms with Gasteiger partial charge in [-0.15, -0.1) is 0 Å². The second-order valence-corrected chi connectivity index (χ2v) is 11.2. The molecule has 2 aliphatic rings. The zero-order chi connectivity index (χ0) is 30.9. The number of rotatable bonds is 7. The quantitative estimate of drug-likeness (QED) is 0.139. The molecule has 5 aromatic rings. The second kappa shape index (κ2) is 13.8. The topological polar surface area (TPSA) is 58.9 Å². The molecule has 0 heterocycles. The molecule has 0 radical (unpaired) electrons. The van der Waals surface area contributed by atoms with Gasteiger partial charge in [0.25, 0.3) is 0 Å². The van der Waals surface area contributed by atoms with Crippen LogP contribution in [0.25, 0.3) is 16.7 Å². The number of isocyanates is 2. The van der Waals surface area contributed by atoms with Gasteiger partial charge in [0.1, 0.15) is 0 Å². The zero-order valence-electron chi connectivity index (χ0n) is 24.8. The molecule has 0 saturated heterocycles. The van der Waals surface area contributed by atoms with Crippen molar-refractivity contribution in [2.24, 2.45) is 15.4 Å². The first-order valence-corrected chi connectivity index (χ1v) is 15.1. The summed E-state index contributed by atoms with van der Waals surface area (Å²) in [4.78, 5) is 31.6. The van der Waals surface area contributed by atoms with E-state index < -0.39 is 17.5 Å². The van der Waals surface area contributed by atoms with E-state index >= 15 is 0 Å². The highest BCUT2D eigenvalue weighted by Crippen LogP contribution is 2.54. The Balaban J connectivity index is 0.000000226. The number of allylic oxidation sites excluding steroid dienone is 3. The molecule has 0 aliphatic heterocycles. The van der Waals surface area contributed by atoms with Crippen LogP contribution in [0.4, 0.5) is 0 Å². The fraction of sp³-hybridized carbons (Fsp3) is 0.122. The summed E-state index contributed by atoms with van der Waals surface area (Å²) in [5, 5.41) is 0. The van der Waals surface area contributed by atoms with Gasteiger partial charge in [-0.2, -0.15) is 9.98 Å². The summed E-state index contributed by atoms with van der Waals surface area (Å²) < 4.78 is 0. The summed E-state index contributed by atoms with van der Waals surface area (Å²) >= 11 is 0. The normalized spacial score (nSPS) is 17.1. The van der Waals surface area contributed by atoms with Crippen LogP contribution in [0.15, 0.2) is 168 Å². The van der Waals surface area contributed by atoms with E-state index in [1.807, 2.05) is 91.0 Å². The third-order valence-electron chi connectivity index (χ3n) is 8.67. The Hall–Kier alpha value is -5.66. The second-order valence-electron chi connectivity index (χ2n) is 11.2. The van der Waals surface area contributed by atoms with E-state index in [-0.39, 0.29) is 0 Å². The number of nitrogens with zero attached hydrogens (tertiary/aromatic N) is 2. The van der Waals surface area contributed by atoms with E-state index in [0.29, 0.717) is 6.42 Å². The van der Waals surface area contributed by atoms with E-state index in [9.17, 15) is 9.59 Å². The fourth-order valence-electron chi connectivity index (χ4n) is 6.53. The molecule has 45 heavy (non-hydrogen) atoms. The van der Waals surface area contributed by atoms with E-state index in [1.54, 1.807) is 12.2 Å². The van der Waals surface area contributed by atoms with E-state index in [1.165, 1.54) is 22.3 Å². The molecule has 2 aliphatic carbocycles. The first-order valence-electron chi connectivity index (χ1n) is 15.1. The average Bonchev–Trinajstić information content (AvgIpc) is 3.50. The monoisotopic (exact) mass is 584 g/mol. The van der Waals surface area contributed by atoms with Crippen molar-refractivity contribution in [1.29, 1.82) is 0 Å². The van der Waals surface area contributed by atoms with Crippen molar-refractivity contribution in [2.75, 3.05) is 0 Å². The summed E-state index contributed by atoms with van der Waals surface area (Å²) in [5.41, 5.74) is 8.87. The highest BCUT2D eigenvalue weighted by molar-refractivity contribution is 5.77. The predicted molar refractivity (Wildman–Crippen MR) is 180 cm³/mol. The lowest BCUT2D eigenvalue weighted by molar-refractivity contribution is 0.247. The van der Waals surface area contributed by atoms with E-state index in [2.05, 4.69) is 76.7 Å². The summed E-state index contributed by atoms with van der Waals surface area (Å²) in [7, 11) is 0. The van der Waals surface area contributed by atoms with Crippen LogP contribution in [0.3, 0.4) is 0 Å². The van der Waals surface area contributed by atoms with Crippen molar-refractivity contribution in [3.05, 3.63) is 186 Å². The third-order valence-corrected chi connectivity index (χ3v) is 8.67. The lowest BCUT2D eigenvalue weighted by atomic mass is 9.65. The number of carbonyl (C=O) groups excluding carboxylic acids is 2. The largest absolute Gasteiger partial charge is 0.235 e. The van der Waals surface area contributed by atoms with Gasteiger partial charge >= 0.3 is 0 Å². The van der Waals surface area contributed by atoms with Gasteiger partial charge in [-0.05, 0) is 57.4 Å². The lowest BCUT2D eigenvalue weighted by Gasteiger charge is -2.41. The van der Waals surface area contributed by atoms with Crippen LogP contribution in [0.1, 0.15) is 46.3 Å². The summed E-state index contributed by atoms with van der Waals surface area (Å²) in [6.45, 7) is 0. The Morgan fingerprint density at radius 3 is 1.44 bits per heavy atom. The first-order chi connectivity index (χ1) is 22.2. The number of aliphatic imine (C=N–C) groups is 2. The smallest absolute Gasteiger partial charge is 0.211 e. The van der Waals surface area contributed by atoms with Gasteiger partial charge < -0.3 is 0 Å². The Morgan fingerprint density at radius 1 is 0.556 bits per heavy atom. The number of fused-ring (bicyclic) bond motifs is 3. The number of hydrogen-bond acceptors (Lipinski definition) is 4. The molecule has 4 heteroatoms. The van der Waals surface area contributed by atoms with Crippen molar-refractivity contribution < 1.29 is 9.59 Å². The molecule has 7 rings (SSSR count). The van der Waals surface area contributed by atoms with Gasteiger partial charge in [-0.25, -0.2) is 9.59 Å². The Bertz CT molecular complexity index is 1810. The Kier molecular flexibility index (Phi) is 8.99. The van der Waals surface area contributed by atoms with Crippen LogP contribution in [0.5, 0.6) is 0 Å². The van der Waals surface area contributed by atoms with Crippen molar-refractivity contribution in [3.63, 3.8) is 0 Å². The zero-order valence-corrected chi connectivity index (χ0v) is 24.8. The molecule has 2 unspecified atom stereocenters. The van der Waals surface area contributed by atoms with Crippen molar-refractivity contribution in [1.82, 2.24) is 0 Å². The summed E-state index contributed by atoms with van der Waals surface area (Å²) in [5.74, 6) is 0. The van der Waals surface area contributed by atoms with Crippen LogP contribution in [-0.4, -0.2) is 12.2 Å². The maximum absolute atomic E-state index is 11.5. The van der Waals surface area contributed by atoms with E-state index in [4.69, 9.17) is 0 Å². The van der Waals surface area contributed by atoms with Crippen LogP contribution >= 0.6 is 0 Å². The molecule has 0 amide bonds. The van der Waals surface area contributed by atoms with Gasteiger partial charge in [0.15, 0.2) is 0 Å². The molecule has 2 atom stereocenters. The fourth-order valence-corrected chi connectivity index (χ4v) is 6.53. The third kappa shape index (κ3) is 6.20. The van der Waals surface area contributed by atoms with Gasteiger partial charge in [0.2, 0.25) is 12.2 Å². The van der Waals surface area contributed by atoms with Crippen LogP contribution in [-0.2, 0) is 16.0 Å². The molecular formula is C41H32N2O2. The molecule has 0 spiro atoms. The standard InChI is InChI=1S/C28H22N2O2.C13H10/c31-20-29-26(24-12-6-2-7-13-24)28(27(30-21-32)25-14-8-3-9-15-25)18-16-23(17-19-28)22-10-4-1-5-11-22;1-3-7-12-10(5-1)9-11-6-2-4-8-13(11)12/h1-18,26-27H,19H2;1-8H,9H2. The molecule has 5 aromatic carbocycles. The van der Waals surface area contributed by atoms with Crippen LogP contribution < -0.4 is 0 Å². The highest BCUT2D eigenvalue weighted by atomic mass is 16.1. The van der Waals surface area contributed by atoms with Crippen molar-refractivity contribution in [2.45, 2.75) is 24.9 Å². The van der Waals surface area contributed by atoms with Gasteiger partial charge in [-0.3, -0.25) is 0 Å². The van der Waals surface area contributed by atoms with Crippen molar-refractivity contribution in [3.8, 4) is 11.1 Å². The molecule has 0 N–H and O–H groups in total. The first kappa shape index (κ1) is 29.4. The maximum atomic E-state index is 11.5. The van der Waals surface area contributed by atoms with Crippen LogP contribution in [0.2, 0.25) is 0 Å². The van der Waals surface area contributed by atoms with Gasteiger partial charge in [0, 0.05) is 5.41 Å². The molecule has 0 aromatic heterocycles. The molecular weight excluding hydrogens is 552 g/mol. The summed E-state index contributed by atoms with van der Waals surface area (Å²) in [6, 6.07) is 45.5. The lowest BCUT2D eigenvalue weighted by Crippen LogP contribution is -2.33. The average molecular weight is 585 g/mol. The molecule has 4 nitrogen and oxygen atoms in total. The Labute approximate surface area is 263 Å². The van der Waals surface area contributed by atoms with Gasteiger partial charge in [-0.1, -0.05) is 158 Å². The molecule has 0 saturated carbocycles.